The van der Waals surface area contributed by atoms with Crippen LogP contribution < -0.4 is 5.32 Å². The van der Waals surface area contributed by atoms with Crippen LogP contribution in [0.1, 0.15) is 51.4 Å². The molecule has 7 nitrogen and oxygen atoms in total. The standard InChI is InChI=1S/C23H24ClF3N4O3S2/c1-14-4-5-16(11-18(14)24)36(33,34)31-9-6-15(7-10-31)22-30-20(13-35-22)21(32)29-12-17(23(25,26)27)19-3-2-8-28-19/h2-5,8,11,13,15,17,28H,6-7,9-10,12H2,1H3,(H,29,32). The summed E-state index contributed by atoms with van der Waals surface area (Å²) in [5.74, 6) is -2.59. The van der Waals surface area contributed by atoms with Gasteiger partial charge in [-0.25, -0.2) is 13.4 Å². The number of rotatable bonds is 7. The van der Waals surface area contributed by atoms with Gasteiger partial charge in [0.15, 0.2) is 0 Å². The van der Waals surface area contributed by atoms with Crippen LogP contribution in [0, 0.1) is 6.92 Å². The SMILES string of the molecule is Cc1ccc(S(=O)(=O)N2CCC(c3nc(C(=O)NCC(c4ccc[nH]4)C(F)(F)F)cs3)CC2)cc1Cl. The summed E-state index contributed by atoms with van der Waals surface area (Å²) in [5.41, 5.74) is 0.805. The normalized spacial score (nSPS) is 16.7. The first-order valence-corrected chi connectivity index (χ1v) is 13.9. The predicted octanol–water partition coefficient (Wildman–Crippen LogP) is 5.08. The Balaban J connectivity index is 1.36. The van der Waals surface area contributed by atoms with Crippen LogP contribution in [0.4, 0.5) is 13.2 Å². The number of carbonyl (C=O) groups is 1. The van der Waals surface area contributed by atoms with Crippen LogP contribution in [0.25, 0.3) is 0 Å². The number of piperidine rings is 1. The van der Waals surface area contributed by atoms with E-state index in [1.165, 1.54) is 51.5 Å². The van der Waals surface area contributed by atoms with E-state index in [4.69, 9.17) is 11.6 Å². The molecule has 194 valence electrons. The number of thiazole rings is 1. The van der Waals surface area contributed by atoms with Gasteiger partial charge in [0.1, 0.15) is 11.6 Å². The Morgan fingerprint density at radius 1 is 1.31 bits per heavy atom. The zero-order chi connectivity index (χ0) is 26.1. The minimum Gasteiger partial charge on any atom is -0.364 e. The van der Waals surface area contributed by atoms with Gasteiger partial charge >= 0.3 is 6.18 Å². The van der Waals surface area contributed by atoms with Gasteiger partial charge in [0.05, 0.1) is 9.90 Å². The lowest BCUT2D eigenvalue weighted by Gasteiger charge is -2.30. The first-order valence-electron chi connectivity index (χ1n) is 11.2. The van der Waals surface area contributed by atoms with Gasteiger partial charge in [0.25, 0.3) is 5.91 Å². The quantitative estimate of drug-likeness (QED) is 0.421. The molecule has 1 aromatic carbocycles. The molecule has 4 rings (SSSR count). The van der Waals surface area contributed by atoms with Crippen molar-refractivity contribution in [2.75, 3.05) is 19.6 Å². The zero-order valence-electron chi connectivity index (χ0n) is 19.2. The Bertz CT molecular complexity index is 1320. The predicted molar refractivity (Wildman–Crippen MR) is 131 cm³/mol. The largest absolute Gasteiger partial charge is 0.398 e. The second-order valence-corrected chi connectivity index (χ2v) is 11.8. The summed E-state index contributed by atoms with van der Waals surface area (Å²) < 4.78 is 67.6. The molecule has 0 radical (unpaired) electrons. The van der Waals surface area contributed by atoms with Gasteiger partial charge in [0.2, 0.25) is 10.0 Å². The van der Waals surface area contributed by atoms with Gasteiger partial charge in [-0.2, -0.15) is 17.5 Å². The number of aromatic amines is 1. The van der Waals surface area contributed by atoms with E-state index in [-0.39, 0.29) is 35.3 Å². The summed E-state index contributed by atoms with van der Waals surface area (Å²) in [5, 5.41) is 4.89. The van der Waals surface area contributed by atoms with E-state index in [0.717, 1.165) is 5.56 Å². The Morgan fingerprint density at radius 3 is 2.64 bits per heavy atom. The molecule has 2 N–H and O–H groups in total. The van der Waals surface area contributed by atoms with Crippen LogP contribution in [-0.4, -0.2) is 54.4 Å². The van der Waals surface area contributed by atoms with Gasteiger partial charge in [-0.05, 0) is 49.6 Å². The first-order chi connectivity index (χ1) is 17.0. The van der Waals surface area contributed by atoms with Gasteiger partial charge in [-0.15, -0.1) is 11.3 Å². The average Bonchev–Trinajstić information content (AvgIpc) is 3.53. The molecule has 1 fully saturated rings. The number of benzene rings is 1. The summed E-state index contributed by atoms with van der Waals surface area (Å²) >= 11 is 7.34. The van der Waals surface area contributed by atoms with Crippen molar-refractivity contribution >= 4 is 38.9 Å². The Kier molecular flexibility index (Phi) is 7.79. The first kappa shape index (κ1) is 26.6. The second-order valence-electron chi connectivity index (χ2n) is 8.59. The number of nitrogens with one attached hydrogen (secondary N) is 2. The fraction of sp³-hybridized carbons (Fsp3) is 0.391. The van der Waals surface area contributed by atoms with E-state index in [1.807, 2.05) is 0 Å². The minimum absolute atomic E-state index is 0.0311. The maximum Gasteiger partial charge on any atom is 0.398 e. The lowest BCUT2D eigenvalue weighted by Crippen LogP contribution is -2.38. The highest BCUT2D eigenvalue weighted by molar-refractivity contribution is 7.89. The lowest BCUT2D eigenvalue weighted by atomic mass is 9.99. The highest BCUT2D eigenvalue weighted by Crippen LogP contribution is 2.35. The molecule has 1 aliphatic rings. The summed E-state index contributed by atoms with van der Waals surface area (Å²) in [7, 11) is -3.69. The summed E-state index contributed by atoms with van der Waals surface area (Å²) in [6.45, 7) is 1.74. The van der Waals surface area contributed by atoms with E-state index in [1.54, 1.807) is 13.0 Å². The van der Waals surface area contributed by atoms with Crippen molar-refractivity contribution in [2.24, 2.45) is 0 Å². The van der Waals surface area contributed by atoms with Gasteiger partial charge in [-0.1, -0.05) is 17.7 Å². The summed E-state index contributed by atoms with van der Waals surface area (Å²) in [6.07, 6.45) is -2.11. The van der Waals surface area contributed by atoms with Crippen molar-refractivity contribution in [2.45, 2.75) is 42.7 Å². The summed E-state index contributed by atoms with van der Waals surface area (Å²) in [4.78, 5) is 19.5. The lowest BCUT2D eigenvalue weighted by molar-refractivity contribution is -0.149. The molecule has 1 aliphatic heterocycles. The number of aromatic nitrogens is 2. The van der Waals surface area contributed by atoms with Crippen molar-refractivity contribution in [3.63, 3.8) is 0 Å². The third-order valence-electron chi connectivity index (χ3n) is 6.20. The zero-order valence-corrected chi connectivity index (χ0v) is 21.6. The number of nitrogens with zero attached hydrogens (tertiary/aromatic N) is 2. The Hall–Kier alpha value is -2.41. The van der Waals surface area contributed by atoms with E-state index in [0.29, 0.717) is 22.9 Å². The van der Waals surface area contributed by atoms with Crippen LogP contribution >= 0.6 is 22.9 Å². The fourth-order valence-corrected chi connectivity index (χ4v) is 6.77. The Labute approximate surface area is 215 Å². The molecule has 3 aromatic rings. The van der Waals surface area contributed by atoms with E-state index in [9.17, 15) is 26.4 Å². The smallest absolute Gasteiger partial charge is 0.364 e. The van der Waals surface area contributed by atoms with Gasteiger partial charge in [0, 0.05) is 47.8 Å². The molecule has 3 heterocycles. The number of aryl methyl sites for hydroxylation is 1. The maximum absolute atomic E-state index is 13.4. The molecule has 1 atom stereocenters. The highest BCUT2D eigenvalue weighted by Gasteiger charge is 2.41. The van der Waals surface area contributed by atoms with E-state index < -0.39 is 34.6 Å². The maximum atomic E-state index is 13.4. The third-order valence-corrected chi connectivity index (χ3v) is 9.51. The van der Waals surface area contributed by atoms with Crippen LogP contribution in [0.3, 0.4) is 0 Å². The van der Waals surface area contributed by atoms with Gasteiger partial charge < -0.3 is 10.3 Å². The number of hydrogen-bond donors (Lipinski definition) is 2. The molecule has 1 unspecified atom stereocenters. The molecule has 2 aromatic heterocycles. The molecule has 0 saturated carbocycles. The fourth-order valence-electron chi connectivity index (χ4n) is 4.05. The van der Waals surface area contributed by atoms with Crippen molar-refractivity contribution in [1.29, 1.82) is 0 Å². The highest BCUT2D eigenvalue weighted by atomic mass is 35.5. The van der Waals surface area contributed by atoms with Crippen LogP contribution in [0.15, 0.2) is 46.8 Å². The Morgan fingerprint density at radius 2 is 2.03 bits per heavy atom. The molecule has 0 bridgehead atoms. The molecule has 0 spiro atoms. The third kappa shape index (κ3) is 5.77. The molecular weight excluding hydrogens is 537 g/mol. The molecule has 1 amide bonds. The summed E-state index contributed by atoms with van der Waals surface area (Å²) in [6, 6.07) is 7.44. The average molecular weight is 561 g/mol. The van der Waals surface area contributed by atoms with Crippen molar-refractivity contribution in [3.05, 3.63) is 68.9 Å². The number of alkyl halides is 3. The van der Waals surface area contributed by atoms with Crippen LogP contribution in [0.5, 0.6) is 0 Å². The minimum atomic E-state index is -4.52. The number of halogens is 4. The number of sulfonamides is 1. The van der Waals surface area contributed by atoms with Crippen LogP contribution in [0.2, 0.25) is 5.02 Å². The number of H-pyrrole nitrogens is 1. The van der Waals surface area contributed by atoms with Crippen LogP contribution in [-0.2, 0) is 10.0 Å². The van der Waals surface area contributed by atoms with Crippen molar-refractivity contribution in [3.8, 4) is 0 Å². The number of hydrogen-bond acceptors (Lipinski definition) is 5. The van der Waals surface area contributed by atoms with Gasteiger partial charge in [-0.3, -0.25) is 4.79 Å². The van der Waals surface area contributed by atoms with Crippen molar-refractivity contribution < 1.29 is 26.4 Å². The number of carbonyl (C=O) groups excluding carboxylic acids is 1. The second kappa shape index (κ2) is 10.5. The molecule has 0 aliphatic carbocycles. The molecule has 36 heavy (non-hydrogen) atoms. The topological polar surface area (TPSA) is 95.2 Å². The molecular formula is C23H24ClF3N4O3S2. The molecule has 13 heteroatoms. The molecule has 1 saturated heterocycles. The van der Waals surface area contributed by atoms with E-state index >= 15 is 0 Å². The van der Waals surface area contributed by atoms with Crippen molar-refractivity contribution in [1.82, 2.24) is 19.6 Å². The van der Waals surface area contributed by atoms with E-state index in [2.05, 4.69) is 15.3 Å². The monoisotopic (exact) mass is 560 g/mol. The number of amides is 1.